The Morgan fingerprint density at radius 2 is 1.86 bits per heavy atom. The lowest BCUT2D eigenvalue weighted by Gasteiger charge is -2.24. The summed E-state index contributed by atoms with van der Waals surface area (Å²) in [5, 5.41) is 3.62. The SMILES string of the molecule is CCS(=O)(=O)c1ccc(CNC(=O)N2CC3(CCCC3)c3nc(-c4sc(OC)nc4C)ccc32)cc1. The van der Waals surface area contributed by atoms with Gasteiger partial charge in [-0.15, -0.1) is 0 Å². The fraction of sp³-hybridized carbons (Fsp3) is 0.423. The smallest absolute Gasteiger partial charge is 0.322 e. The number of aromatic nitrogens is 2. The van der Waals surface area contributed by atoms with E-state index < -0.39 is 9.84 Å². The highest BCUT2D eigenvalue weighted by Crippen LogP contribution is 2.50. The van der Waals surface area contributed by atoms with E-state index in [4.69, 9.17) is 9.72 Å². The molecule has 1 saturated carbocycles. The number of hydrogen-bond acceptors (Lipinski definition) is 7. The number of nitrogens with one attached hydrogen (secondary N) is 1. The first-order valence-electron chi connectivity index (χ1n) is 12.2. The number of carbonyl (C=O) groups excluding carboxylic acids is 1. The van der Waals surface area contributed by atoms with E-state index in [2.05, 4.69) is 10.3 Å². The third kappa shape index (κ3) is 4.37. The molecule has 0 atom stereocenters. The minimum atomic E-state index is -3.25. The van der Waals surface area contributed by atoms with Crippen LogP contribution in [0.5, 0.6) is 5.19 Å². The molecular weight excluding hydrogens is 496 g/mol. The Bertz CT molecular complexity index is 1390. The van der Waals surface area contributed by atoms with E-state index in [-0.39, 0.29) is 17.2 Å². The van der Waals surface area contributed by atoms with Crippen molar-refractivity contribution in [3.8, 4) is 15.8 Å². The summed E-state index contributed by atoms with van der Waals surface area (Å²) in [7, 11) is -1.63. The van der Waals surface area contributed by atoms with Crippen molar-refractivity contribution in [2.24, 2.45) is 0 Å². The minimum Gasteiger partial charge on any atom is -0.473 e. The van der Waals surface area contributed by atoms with Crippen molar-refractivity contribution >= 4 is 32.9 Å². The van der Waals surface area contributed by atoms with Crippen LogP contribution in [0.3, 0.4) is 0 Å². The number of carbonyl (C=O) groups is 1. The fourth-order valence-corrected chi connectivity index (χ4v) is 6.96. The summed E-state index contributed by atoms with van der Waals surface area (Å²) in [5.41, 5.74) is 4.32. The Morgan fingerprint density at radius 1 is 1.14 bits per heavy atom. The van der Waals surface area contributed by atoms with Gasteiger partial charge >= 0.3 is 6.03 Å². The van der Waals surface area contributed by atoms with Crippen LogP contribution >= 0.6 is 11.3 Å². The zero-order valence-electron chi connectivity index (χ0n) is 20.7. The Kier molecular flexibility index (Phi) is 6.50. The lowest BCUT2D eigenvalue weighted by molar-refractivity contribution is 0.245. The fourth-order valence-electron chi connectivity index (χ4n) is 5.23. The topological polar surface area (TPSA) is 101 Å². The van der Waals surface area contributed by atoms with Gasteiger partial charge in [0.05, 0.1) is 45.4 Å². The van der Waals surface area contributed by atoms with Crippen LogP contribution < -0.4 is 15.0 Å². The van der Waals surface area contributed by atoms with Gasteiger partial charge in [-0.05, 0) is 49.6 Å². The van der Waals surface area contributed by atoms with Gasteiger partial charge in [-0.2, -0.15) is 0 Å². The molecule has 2 amide bonds. The molecule has 2 aliphatic rings. The number of aryl methyl sites for hydroxylation is 1. The summed E-state index contributed by atoms with van der Waals surface area (Å²) < 4.78 is 29.4. The van der Waals surface area contributed by atoms with Gasteiger partial charge < -0.3 is 10.1 Å². The van der Waals surface area contributed by atoms with Crippen molar-refractivity contribution in [2.75, 3.05) is 24.3 Å². The number of thiazole rings is 1. The first-order valence-corrected chi connectivity index (χ1v) is 14.6. The van der Waals surface area contributed by atoms with Crippen LogP contribution in [0.2, 0.25) is 0 Å². The highest BCUT2D eigenvalue weighted by atomic mass is 32.2. The Hall–Kier alpha value is -2.98. The average molecular weight is 527 g/mol. The summed E-state index contributed by atoms with van der Waals surface area (Å²) in [6.07, 6.45) is 4.28. The van der Waals surface area contributed by atoms with E-state index in [1.54, 1.807) is 38.3 Å². The largest absolute Gasteiger partial charge is 0.473 e. The number of fused-ring (bicyclic) bond motifs is 2. The van der Waals surface area contributed by atoms with E-state index in [0.29, 0.717) is 23.2 Å². The summed E-state index contributed by atoms with van der Waals surface area (Å²) >= 11 is 1.48. The molecule has 3 heterocycles. The second kappa shape index (κ2) is 9.48. The zero-order valence-corrected chi connectivity index (χ0v) is 22.3. The molecule has 3 aromatic rings. The highest BCUT2D eigenvalue weighted by molar-refractivity contribution is 7.91. The van der Waals surface area contributed by atoms with E-state index in [1.165, 1.54) is 11.3 Å². The molecule has 0 radical (unpaired) electrons. The van der Waals surface area contributed by atoms with Crippen LogP contribution in [-0.2, 0) is 21.8 Å². The van der Waals surface area contributed by atoms with Crippen LogP contribution in [-0.4, -0.2) is 43.8 Å². The molecule has 36 heavy (non-hydrogen) atoms. The normalized spacial score (nSPS) is 16.4. The average Bonchev–Trinajstić information content (AvgIpc) is 3.60. The molecule has 10 heteroatoms. The summed E-state index contributed by atoms with van der Waals surface area (Å²) in [5.74, 6) is 0.0606. The molecule has 0 saturated heterocycles. The number of urea groups is 1. The molecule has 1 spiro atoms. The van der Waals surface area contributed by atoms with Gasteiger partial charge in [0.2, 0.25) is 0 Å². The Labute approximate surface area is 215 Å². The van der Waals surface area contributed by atoms with Gasteiger partial charge in [-0.3, -0.25) is 4.90 Å². The molecule has 2 aromatic heterocycles. The number of ether oxygens (including phenoxy) is 1. The summed E-state index contributed by atoms with van der Waals surface area (Å²) in [6, 6.07) is 10.5. The lowest BCUT2D eigenvalue weighted by atomic mass is 9.84. The van der Waals surface area contributed by atoms with Crippen LogP contribution in [0, 0.1) is 6.92 Å². The first-order chi connectivity index (χ1) is 17.3. The van der Waals surface area contributed by atoms with Crippen LogP contribution in [0.15, 0.2) is 41.3 Å². The molecule has 0 unspecified atom stereocenters. The molecule has 1 aromatic carbocycles. The third-order valence-corrected chi connectivity index (χ3v) is 10.1. The maximum Gasteiger partial charge on any atom is 0.322 e. The van der Waals surface area contributed by atoms with Crippen LogP contribution in [0.1, 0.15) is 49.6 Å². The number of rotatable bonds is 6. The van der Waals surface area contributed by atoms with E-state index in [1.807, 2.05) is 24.0 Å². The molecule has 190 valence electrons. The number of pyridine rings is 1. The quantitative estimate of drug-likeness (QED) is 0.492. The molecule has 1 fully saturated rings. The zero-order chi connectivity index (χ0) is 25.5. The van der Waals surface area contributed by atoms with Gasteiger partial charge in [0.25, 0.3) is 5.19 Å². The van der Waals surface area contributed by atoms with Crippen molar-refractivity contribution in [3.63, 3.8) is 0 Å². The van der Waals surface area contributed by atoms with Crippen molar-refractivity contribution < 1.29 is 17.9 Å². The van der Waals surface area contributed by atoms with Crippen molar-refractivity contribution in [2.45, 2.75) is 56.4 Å². The lowest BCUT2D eigenvalue weighted by Crippen LogP contribution is -2.41. The maximum absolute atomic E-state index is 13.3. The van der Waals surface area contributed by atoms with Gasteiger partial charge in [0.1, 0.15) is 0 Å². The molecule has 8 nitrogen and oxygen atoms in total. The number of methoxy groups -OCH3 is 1. The van der Waals surface area contributed by atoms with E-state index in [9.17, 15) is 13.2 Å². The van der Waals surface area contributed by atoms with Gasteiger partial charge in [0, 0.05) is 18.5 Å². The molecular formula is C26H30N4O4S2. The maximum atomic E-state index is 13.3. The van der Waals surface area contributed by atoms with Crippen LogP contribution in [0.25, 0.3) is 10.6 Å². The summed E-state index contributed by atoms with van der Waals surface area (Å²) in [4.78, 5) is 26.0. The third-order valence-electron chi connectivity index (χ3n) is 7.22. The van der Waals surface area contributed by atoms with Gasteiger partial charge in [0.15, 0.2) is 9.84 Å². The molecule has 1 aliphatic carbocycles. The molecule has 5 rings (SSSR count). The number of hydrogen-bond donors (Lipinski definition) is 1. The summed E-state index contributed by atoms with van der Waals surface area (Å²) in [6.45, 7) is 4.51. The standard InChI is InChI=1S/C26H30N4O4S2/c1-4-36(32,33)19-9-7-18(8-10-19)15-27-24(31)30-16-26(13-5-6-14-26)23-21(30)12-11-20(29-23)22-17(2)28-25(34-3)35-22/h7-12H,4-6,13-16H2,1-3H3,(H,27,31). The minimum absolute atomic E-state index is 0.0606. The Balaban J connectivity index is 1.38. The van der Waals surface area contributed by atoms with E-state index in [0.717, 1.165) is 58.9 Å². The molecule has 1 N–H and O–H groups in total. The molecule has 0 bridgehead atoms. The monoisotopic (exact) mass is 526 g/mol. The van der Waals surface area contributed by atoms with Crippen molar-refractivity contribution in [3.05, 3.63) is 53.3 Å². The number of anilines is 1. The van der Waals surface area contributed by atoms with Gasteiger partial charge in [-0.25, -0.2) is 23.2 Å². The van der Waals surface area contributed by atoms with Crippen LogP contribution in [0.4, 0.5) is 10.5 Å². The highest BCUT2D eigenvalue weighted by Gasteiger charge is 2.48. The second-order valence-electron chi connectivity index (χ2n) is 9.44. The number of sulfone groups is 1. The predicted molar refractivity (Wildman–Crippen MR) is 141 cm³/mol. The second-order valence-corrected chi connectivity index (χ2v) is 12.7. The Morgan fingerprint density at radius 3 is 2.50 bits per heavy atom. The predicted octanol–water partition coefficient (Wildman–Crippen LogP) is 4.86. The van der Waals surface area contributed by atoms with Crippen molar-refractivity contribution in [1.29, 1.82) is 0 Å². The molecule has 1 aliphatic heterocycles. The van der Waals surface area contributed by atoms with Gasteiger partial charge in [-0.1, -0.05) is 43.2 Å². The number of amides is 2. The van der Waals surface area contributed by atoms with E-state index >= 15 is 0 Å². The first kappa shape index (κ1) is 24.7. The number of benzene rings is 1. The number of nitrogens with zero attached hydrogens (tertiary/aromatic N) is 3. The van der Waals surface area contributed by atoms with Crippen molar-refractivity contribution in [1.82, 2.24) is 15.3 Å².